The molecule has 4 heteroatoms. The Hall–Kier alpha value is -1.97. The first-order valence-corrected chi connectivity index (χ1v) is 5.76. The van der Waals surface area contributed by atoms with Crippen molar-refractivity contribution in [2.45, 2.75) is 19.4 Å². The fourth-order valence-electron chi connectivity index (χ4n) is 1.81. The van der Waals surface area contributed by atoms with Crippen molar-refractivity contribution in [3.8, 4) is 0 Å². The van der Waals surface area contributed by atoms with Gasteiger partial charge < -0.3 is 5.32 Å². The summed E-state index contributed by atoms with van der Waals surface area (Å²) in [5.41, 5.74) is 1.67. The number of aromatic nitrogens is 1. The summed E-state index contributed by atoms with van der Waals surface area (Å²) < 4.78 is 25.7. The molecular weight excluding hydrogens is 234 g/mol. The van der Waals surface area contributed by atoms with E-state index in [0.29, 0.717) is 6.42 Å². The molecule has 1 aromatic carbocycles. The van der Waals surface area contributed by atoms with Gasteiger partial charge in [0.15, 0.2) is 0 Å². The molecule has 0 saturated heterocycles. The number of hydrogen-bond acceptors (Lipinski definition) is 2. The first kappa shape index (κ1) is 12.5. The van der Waals surface area contributed by atoms with Crippen molar-refractivity contribution < 1.29 is 8.78 Å². The van der Waals surface area contributed by atoms with Gasteiger partial charge in [0.2, 0.25) is 5.95 Å². The Morgan fingerprint density at radius 3 is 2.72 bits per heavy atom. The van der Waals surface area contributed by atoms with E-state index in [-0.39, 0.29) is 11.9 Å². The minimum absolute atomic E-state index is 0.110. The van der Waals surface area contributed by atoms with Crippen LogP contribution in [0.2, 0.25) is 0 Å². The van der Waals surface area contributed by atoms with E-state index in [1.165, 1.54) is 24.4 Å². The molecule has 1 N–H and O–H groups in total. The summed E-state index contributed by atoms with van der Waals surface area (Å²) in [6, 6.07) is 9.55. The topological polar surface area (TPSA) is 24.9 Å². The Morgan fingerprint density at radius 1 is 1.22 bits per heavy atom. The van der Waals surface area contributed by atoms with Gasteiger partial charge in [-0.3, -0.25) is 0 Å². The lowest BCUT2D eigenvalue weighted by molar-refractivity contribution is 0.583. The molecule has 0 amide bonds. The van der Waals surface area contributed by atoms with Crippen LogP contribution in [-0.2, 0) is 6.42 Å². The summed E-state index contributed by atoms with van der Waals surface area (Å²) in [5.74, 6) is -0.735. The standard InChI is InChI=1S/C14H14F2N2/c1-10(7-11-3-2-4-12(15)8-11)18-13-5-6-14(16)17-9-13/h2-6,8-10,18H,7H2,1H3. The van der Waals surface area contributed by atoms with Crippen LogP contribution in [0.3, 0.4) is 0 Å². The van der Waals surface area contributed by atoms with Gasteiger partial charge >= 0.3 is 0 Å². The van der Waals surface area contributed by atoms with Crippen LogP contribution in [0, 0.1) is 11.8 Å². The molecule has 1 heterocycles. The van der Waals surface area contributed by atoms with Crippen molar-refractivity contribution in [3.05, 3.63) is 59.9 Å². The molecule has 18 heavy (non-hydrogen) atoms. The molecule has 2 rings (SSSR count). The Morgan fingerprint density at radius 2 is 2.06 bits per heavy atom. The predicted octanol–water partition coefficient (Wildman–Crippen LogP) is 3.40. The normalized spacial score (nSPS) is 12.2. The van der Waals surface area contributed by atoms with Crippen LogP contribution >= 0.6 is 0 Å². The molecule has 1 unspecified atom stereocenters. The highest BCUT2D eigenvalue weighted by atomic mass is 19.1. The lowest BCUT2D eigenvalue weighted by Crippen LogP contribution is -2.18. The molecule has 2 aromatic rings. The third kappa shape index (κ3) is 3.52. The Balaban J connectivity index is 1.96. The molecule has 0 aliphatic carbocycles. The van der Waals surface area contributed by atoms with Gasteiger partial charge in [0.05, 0.1) is 11.9 Å². The number of pyridine rings is 1. The van der Waals surface area contributed by atoms with E-state index in [1.807, 2.05) is 13.0 Å². The van der Waals surface area contributed by atoms with Gasteiger partial charge in [0.25, 0.3) is 0 Å². The molecule has 0 spiro atoms. The maximum absolute atomic E-state index is 13.0. The zero-order valence-electron chi connectivity index (χ0n) is 10.0. The smallest absolute Gasteiger partial charge is 0.212 e. The fraction of sp³-hybridized carbons (Fsp3) is 0.214. The number of halogens is 2. The number of nitrogens with zero attached hydrogens (tertiary/aromatic N) is 1. The van der Waals surface area contributed by atoms with E-state index in [0.717, 1.165) is 11.3 Å². The van der Waals surface area contributed by atoms with Crippen LogP contribution in [0.15, 0.2) is 42.6 Å². The quantitative estimate of drug-likeness (QED) is 0.839. The molecule has 94 valence electrons. The van der Waals surface area contributed by atoms with Crippen molar-refractivity contribution in [2.75, 3.05) is 5.32 Å². The van der Waals surface area contributed by atoms with Crippen molar-refractivity contribution in [2.24, 2.45) is 0 Å². The predicted molar refractivity (Wildman–Crippen MR) is 67.4 cm³/mol. The van der Waals surface area contributed by atoms with Crippen molar-refractivity contribution in [3.63, 3.8) is 0 Å². The molecular formula is C14H14F2N2. The maximum atomic E-state index is 13.0. The van der Waals surface area contributed by atoms with E-state index in [4.69, 9.17) is 0 Å². The first-order chi connectivity index (χ1) is 8.63. The second-order valence-electron chi connectivity index (χ2n) is 4.25. The molecule has 0 bridgehead atoms. The Labute approximate surface area is 105 Å². The van der Waals surface area contributed by atoms with Crippen LogP contribution in [-0.4, -0.2) is 11.0 Å². The maximum Gasteiger partial charge on any atom is 0.212 e. The van der Waals surface area contributed by atoms with Gasteiger partial charge in [0, 0.05) is 6.04 Å². The fourth-order valence-corrected chi connectivity index (χ4v) is 1.81. The van der Waals surface area contributed by atoms with Crippen LogP contribution in [0.5, 0.6) is 0 Å². The first-order valence-electron chi connectivity index (χ1n) is 5.76. The third-order valence-corrected chi connectivity index (χ3v) is 2.57. The summed E-state index contributed by atoms with van der Waals surface area (Å²) in [6.07, 6.45) is 2.13. The second kappa shape index (κ2) is 5.58. The highest BCUT2D eigenvalue weighted by Gasteiger charge is 2.05. The van der Waals surface area contributed by atoms with E-state index >= 15 is 0 Å². The van der Waals surface area contributed by atoms with E-state index in [2.05, 4.69) is 10.3 Å². The van der Waals surface area contributed by atoms with E-state index in [1.54, 1.807) is 12.1 Å². The van der Waals surface area contributed by atoms with E-state index < -0.39 is 5.95 Å². The summed E-state index contributed by atoms with van der Waals surface area (Å²) in [7, 11) is 0. The van der Waals surface area contributed by atoms with Crippen LogP contribution in [0.1, 0.15) is 12.5 Å². The zero-order valence-corrected chi connectivity index (χ0v) is 10.0. The third-order valence-electron chi connectivity index (χ3n) is 2.57. The Kier molecular flexibility index (Phi) is 3.87. The van der Waals surface area contributed by atoms with Gasteiger partial charge in [0.1, 0.15) is 5.82 Å². The van der Waals surface area contributed by atoms with Gasteiger partial charge in [-0.1, -0.05) is 12.1 Å². The summed E-state index contributed by atoms with van der Waals surface area (Å²) in [4.78, 5) is 3.56. The summed E-state index contributed by atoms with van der Waals surface area (Å²) >= 11 is 0. The van der Waals surface area contributed by atoms with Gasteiger partial charge in [-0.15, -0.1) is 0 Å². The number of anilines is 1. The molecule has 1 atom stereocenters. The molecule has 0 fully saturated rings. The molecule has 0 saturated carbocycles. The molecule has 2 nitrogen and oxygen atoms in total. The summed E-state index contributed by atoms with van der Waals surface area (Å²) in [5, 5.41) is 3.19. The molecule has 1 aromatic heterocycles. The van der Waals surface area contributed by atoms with Crippen molar-refractivity contribution in [1.82, 2.24) is 4.98 Å². The van der Waals surface area contributed by atoms with Gasteiger partial charge in [-0.05, 0) is 43.2 Å². The monoisotopic (exact) mass is 248 g/mol. The second-order valence-corrected chi connectivity index (χ2v) is 4.25. The van der Waals surface area contributed by atoms with Gasteiger partial charge in [-0.2, -0.15) is 4.39 Å². The highest BCUT2D eigenvalue weighted by molar-refractivity contribution is 5.41. The summed E-state index contributed by atoms with van der Waals surface area (Å²) in [6.45, 7) is 1.98. The van der Waals surface area contributed by atoms with Crippen molar-refractivity contribution in [1.29, 1.82) is 0 Å². The highest BCUT2D eigenvalue weighted by Crippen LogP contribution is 2.11. The van der Waals surface area contributed by atoms with Crippen LogP contribution in [0.4, 0.5) is 14.5 Å². The number of benzene rings is 1. The largest absolute Gasteiger partial charge is 0.381 e. The average Bonchev–Trinajstić information content (AvgIpc) is 2.32. The zero-order chi connectivity index (χ0) is 13.0. The van der Waals surface area contributed by atoms with Crippen LogP contribution < -0.4 is 5.32 Å². The minimum atomic E-state index is -0.502. The lowest BCUT2D eigenvalue weighted by atomic mass is 10.1. The van der Waals surface area contributed by atoms with Crippen molar-refractivity contribution >= 4 is 5.69 Å². The van der Waals surface area contributed by atoms with Crippen LogP contribution in [0.25, 0.3) is 0 Å². The molecule has 0 aliphatic heterocycles. The molecule has 0 radical (unpaired) electrons. The average molecular weight is 248 g/mol. The number of nitrogens with one attached hydrogen (secondary N) is 1. The van der Waals surface area contributed by atoms with E-state index in [9.17, 15) is 8.78 Å². The number of rotatable bonds is 4. The SMILES string of the molecule is CC(Cc1cccc(F)c1)Nc1ccc(F)nc1. The number of hydrogen-bond donors (Lipinski definition) is 1. The Bertz CT molecular complexity index is 511. The molecule has 0 aliphatic rings. The minimum Gasteiger partial charge on any atom is -0.381 e. The van der Waals surface area contributed by atoms with Gasteiger partial charge in [-0.25, -0.2) is 9.37 Å². The lowest BCUT2D eigenvalue weighted by Gasteiger charge is -2.15.